The van der Waals surface area contributed by atoms with Gasteiger partial charge in [0.05, 0.1) is 24.0 Å². The zero-order valence-corrected chi connectivity index (χ0v) is 20.1. The Morgan fingerprint density at radius 3 is 2.54 bits per heavy atom. The first kappa shape index (κ1) is 24.8. The average Bonchev–Trinajstić information content (AvgIpc) is 3.23. The van der Waals surface area contributed by atoms with Crippen molar-refractivity contribution in [1.29, 1.82) is 0 Å². The number of benzene rings is 1. The third-order valence-electron chi connectivity index (χ3n) is 6.13. The molecule has 3 heterocycles. The fraction of sp³-hybridized carbons (Fsp3) is 0.375. The molecule has 0 aliphatic carbocycles. The highest BCUT2D eigenvalue weighted by Crippen LogP contribution is 2.40. The van der Waals surface area contributed by atoms with E-state index in [9.17, 15) is 22.8 Å². The zero-order chi connectivity index (χ0) is 25.5. The maximum atomic E-state index is 13.3. The van der Waals surface area contributed by atoms with E-state index >= 15 is 0 Å². The molecule has 35 heavy (non-hydrogen) atoms. The lowest BCUT2D eigenvalue weighted by Gasteiger charge is -2.34. The highest BCUT2D eigenvalue weighted by Gasteiger charge is 2.39. The van der Waals surface area contributed by atoms with Crippen molar-refractivity contribution in [1.82, 2.24) is 19.0 Å². The van der Waals surface area contributed by atoms with Gasteiger partial charge in [0.2, 0.25) is 0 Å². The predicted molar refractivity (Wildman–Crippen MR) is 124 cm³/mol. The number of fused-ring (bicyclic) bond motifs is 1. The molecular weight excluding hydrogens is 485 g/mol. The summed E-state index contributed by atoms with van der Waals surface area (Å²) in [6, 6.07) is 6.83. The van der Waals surface area contributed by atoms with E-state index in [0.29, 0.717) is 5.69 Å². The molecule has 2 aromatic heterocycles. The molecule has 0 fully saturated rings. The molecular formula is C24H24ClF3N4O3. The number of carbonyl (C=O) groups excluding carboxylic acids is 1. The summed E-state index contributed by atoms with van der Waals surface area (Å²) in [5, 5.41) is 0.176. The lowest BCUT2D eigenvalue weighted by atomic mass is 9.99. The van der Waals surface area contributed by atoms with Crippen LogP contribution in [0.15, 0.2) is 47.7 Å². The number of rotatable bonds is 6. The number of aromatic nitrogens is 3. The van der Waals surface area contributed by atoms with E-state index in [4.69, 9.17) is 16.3 Å². The number of halogens is 4. The van der Waals surface area contributed by atoms with Crippen LogP contribution < -0.4 is 10.3 Å². The maximum Gasteiger partial charge on any atom is 0.395 e. The Hall–Kier alpha value is -3.27. The number of imidazole rings is 1. The van der Waals surface area contributed by atoms with E-state index in [1.807, 2.05) is 6.92 Å². The van der Waals surface area contributed by atoms with Crippen molar-refractivity contribution in [2.24, 2.45) is 0 Å². The second kappa shape index (κ2) is 9.41. The minimum absolute atomic E-state index is 0.0262. The van der Waals surface area contributed by atoms with Gasteiger partial charge in [-0.05, 0) is 51.1 Å². The van der Waals surface area contributed by atoms with Gasteiger partial charge in [0, 0.05) is 29.9 Å². The molecule has 11 heteroatoms. The van der Waals surface area contributed by atoms with Crippen LogP contribution in [0.2, 0.25) is 5.02 Å². The molecule has 4 rings (SSSR count). The van der Waals surface area contributed by atoms with Gasteiger partial charge in [0.15, 0.2) is 0 Å². The summed E-state index contributed by atoms with van der Waals surface area (Å²) in [7, 11) is 0. The normalized spacial score (nSPS) is 15.6. The van der Waals surface area contributed by atoms with E-state index < -0.39 is 18.1 Å². The van der Waals surface area contributed by atoms with E-state index in [1.54, 1.807) is 41.0 Å². The van der Waals surface area contributed by atoms with E-state index in [1.165, 1.54) is 22.8 Å². The second-order valence-electron chi connectivity index (χ2n) is 8.59. The van der Waals surface area contributed by atoms with Crippen molar-refractivity contribution in [2.45, 2.75) is 45.5 Å². The molecule has 1 aliphatic rings. The third-order valence-corrected chi connectivity index (χ3v) is 6.37. The molecule has 0 saturated carbocycles. The summed E-state index contributed by atoms with van der Waals surface area (Å²) in [6.45, 7) is 5.12. The van der Waals surface area contributed by atoms with Crippen molar-refractivity contribution in [3.05, 3.63) is 75.2 Å². The number of alkyl halides is 3. The average molecular weight is 509 g/mol. The van der Waals surface area contributed by atoms with Gasteiger partial charge >= 0.3 is 6.18 Å². The SMILES string of the molecule is Cc1cn(-c2ccc3n(c2=O)CCN([C@@H](C)COc2ccc(Cl)cc2[C@@H](C)C(F)(F)F)C3=O)cn1. The maximum absolute atomic E-state index is 13.3. The fourth-order valence-electron chi connectivity index (χ4n) is 4.07. The molecule has 0 radical (unpaired) electrons. The highest BCUT2D eigenvalue weighted by atomic mass is 35.5. The summed E-state index contributed by atoms with van der Waals surface area (Å²) < 4.78 is 48.7. The number of nitrogens with zero attached hydrogens (tertiary/aromatic N) is 4. The van der Waals surface area contributed by atoms with Crippen LogP contribution in [-0.4, -0.2) is 50.3 Å². The summed E-state index contributed by atoms with van der Waals surface area (Å²) in [6.07, 6.45) is -1.19. The topological polar surface area (TPSA) is 69.4 Å². The number of carbonyl (C=O) groups is 1. The van der Waals surface area contributed by atoms with Gasteiger partial charge in [0.1, 0.15) is 23.7 Å². The van der Waals surface area contributed by atoms with Crippen LogP contribution in [0.1, 0.15) is 41.5 Å². The Morgan fingerprint density at radius 2 is 1.89 bits per heavy atom. The van der Waals surface area contributed by atoms with Crippen LogP contribution in [0.25, 0.3) is 5.69 Å². The minimum Gasteiger partial charge on any atom is -0.491 e. The lowest BCUT2D eigenvalue weighted by Crippen LogP contribution is -2.50. The van der Waals surface area contributed by atoms with Crippen molar-refractivity contribution in [3.63, 3.8) is 0 Å². The Labute approximate surface area is 204 Å². The van der Waals surface area contributed by atoms with E-state index in [-0.39, 0.29) is 53.2 Å². The minimum atomic E-state index is -4.46. The second-order valence-corrected chi connectivity index (χ2v) is 9.02. The van der Waals surface area contributed by atoms with Gasteiger partial charge in [-0.1, -0.05) is 11.6 Å². The van der Waals surface area contributed by atoms with Crippen LogP contribution >= 0.6 is 11.6 Å². The molecule has 0 N–H and O–H groups in total. The Balaban J connectivity index is 1.51. The third kappa shape index (κ3) is 4.93. The predicted octanol–water partition coefficient (Wildman–Crippen LogP) is 4.58. The number of amides is 1. The van der Waals surface area contributed by atoms with Gasteiger partial charge in [-0.25, -0.2) is 4.98 Å². The van der Waals surface area contributed by atoms with E-state index in [0.717, 1.165) is 12.6 Å². The zero-order valence-electron chi connectivity index (χ0n) is 19.3. The summed E-state index contributed by atoms with van der Waals surface area (Å²) in [4.78, 5) is 31.8. The van der Waals surface area contributed by atoms with E-state index in [2.05, 4.69) is 4.98 Å². The number of ether oxygens (including phenoxy) is 1. The van der Waals surface area contributed by atoms with Crippen molar-refractivity contribution in [3.8, 4) is 11.4 Å². The fourth-order valence-corrected chi connectivity index (χ4v) is 4.25. The van der Waals surface area contributed by atoms with Gasteiger partial charge in [-0.15, -0.1) is 0 Å². The molecule has 0 unspecified atom stereocenters. The Bertz CT molecular complexity index is 1320. The van der Waals surface area contributed by atoms with Crippen molar-refractivity contribution in [2.75, 3.05) is 13.2 Å². The monoisotopic (exact) mass is 508 g/mol. The molecule has 186 valence electrons. The summed E-state index contributed by atoms with van der Waals surface area (Å²) in [5.41, 5.74) is 1.02. The summed E-state index contributed by atoms with van der Waals surface area (Å²) >= 11 is 5.92. The van der Waals surface area contributed by atoms with Gasteiger partial charge in [-0.2, -0.15) is 13.2 Å². The molecule has 7 nitrogen and oxygen atoms in total. The molecule has 0 spiro atoms. The molecule has 0 saturated heterocycles. The number of pyridine rings is 1. The number of hydrogen-bond acceptors (Lipinski definition) is 4. The molecule has 1 aliphatic heterocycles. The van der Waals surface area contributed by atoms with Gasteiger partial charge in [0.25, 0.3) is 11.5 Å². The smallest absolute Gasteiger partial charge is 0.395 e. The van der Waals surface area contributed by atoms with Crippen LogP contribution in [0.3, 0.4) is 0 Å². The van der Waals surface area contributed by atoms with Crippen LogP contribution in [0.4, 0.5) is 13.2 Å². The van der Waals surface area contributed by atoms with Gasteiger partial charge < -0.3 is 18.8 Å². The first-order chi connectivity index (χ1) is 16.5. The first-order valence-electron chi connectivity index (χ1n) is 11.0. The van der Waals surface area contributed by atoms with Crippen LogP contribution in [-0.2, 0) is 6.54 Å². The quantitative estimate of drug-likeness (QED) is 0.488. The van der Waals surface area contributed by atoms with Crippen LogP contribution in [0.5, 0.6) is 5.75 Å². The first-order valence-corrected chi connectivity index (χ1v) is 11.4. The number of aryl methyl sites for hydroxylation is 1. The standard InChI is InChI=1S/C24H24ClF3N4O3/c1-14-11-30(13-29-14)19-5-6-20-23(34)31(8-9-32(20)22(19)33)15(2)12-35-21-7-4-17(25)10-18(21)16(3)24(26,27)28/h4-7,10-11,13,15-16H,8-9,12H2,1-3H3/t15-,16+/m0/s1. The van der Waals surface area contributed by atoms with Gasteiger partial charge in [-0.3, -0.25) is 9.59 Å². The highest BCUT2D eigenvalue weighted by molar-refractivity contribution is 6.30. The van der Waals surface area contributed by atoms with Crippen LogP contribution in [0, 0.1) is 6.92 Å². The van der Waals surface area contributed by atoms with Crippen molar-refractivity contribution >= 4 is 17.5 Å². The molecule has 3 aromatic rings. The molecule has 0 bridgehead atoms. The Kier molecular flexibility index (Phi) is 6.68. The lowest BCUT2D eigenvalue weighted by molar-refractivity contribution is -0.146. The largest absolute Gasteiger partial charge is 0.491 e. The Morgan fingerprint density at radius 1 is 1.14 bits per heavy atom. The molecule has 1 aromatic carbocycles. The molecule has 1 amide bonds. The molecule has 2 atom stereocenters. The number of hydrogen-bond donors (Lipinski definition) is 0. The van der Waals surface area contributed by atoms with Crippen molar-refractivity contribution < 1.29 is 22.7 Å². The summed E-state index contributed by atoms with van der Waals surface area (Å²) in [5.74, 6) is -2.06.